The molecule has 1 aliphatic rings. The molecule has 0 atom stereocenters. The molecule has 1 aromatic carbocycles. The number of benzene rings is 1. The number of ether oxygens (including phenoxy) is 1. The van der Waals surface area contributed by atoms with Crippen molar-refractivity contribution in [2.75, 3.05) is 11.9 Å². The van der Waals surface area contributed by atoms with E-state index in [4.69, 9.17) is 4.74 Å². The maximum atomic E-state index is 12.6. The molecule has 27 heavy (non-hydrogen) atoms. The Morgan fingerprint density at radius 3 is 2.93 bits per heavy atom. The van der Waals surface area contributed by atoms with Gasteiger partial charge in [-0.05, 0) is 50.3 Å². The zero-order valence-electron chi connectivity index (χ0n) is 15.0. The molecule has 8 heteroatoms. The van der Waals surface area contributed by atoms with E-state index in [1.165, 1.54) is 16.2 Å². The maximum absolute atomic E-state index is 12.6. The van der Waals surface area contributed by atoms with Crippen LogP contribution in [0, 0.1) is 0 Å². The van der Waals surface area contributed by atoms with Crippen molar-refractivity contribution in [3.63, 3.8) is 0 Å². The number of rotatable bonds is 5. The lowest BCUT2D eigenvalue weighted by atomic mass is 9.95. The van der Waals surface area contributed by atoms with Gasteiger partial charge in [0, 0.05) is 4.88 Å². The predicted octanol–water partition coefficient (Wildman–Crippen LogP) is 3.19. The van der Waals surface area contributed by atoms with Gasteiger partial charge in [0.25, 0.3) is 0 Å². The number of anilines is 1. The number of amides is 1. The van der Waals surface area contributed by atoms with Gasteiger partial charge in [0.15, 0.2) is 0 Å². The van der Waals surface area contributed by atoms with Crippen LogP contribution in [0.1, 0.15) is 40.6 Å². The van der Waals surface area contributed by atoms with E-state index < -0.39 is 0 Å². The van der Waals surface area contributed by atoms with Gasteiger partial charge in [-0.1, -0.05) is 17.3 Å². The quantitative estimate of drug-likeness (QED) is 0.683. The molecular formula is C19H20N4O3S. The second-order valence-electron chi connectivity index (χ2n) is 6.42. The van der Waals surface area contributed by atoms with E-state index in [9.17, 15) is 9.59 Å². The molecule has 2 aromatic heterocycles. The third kappa shape index (κ3) is 3.44. The van der Waals surface area contributed by atoms with E-state index in [1.807, 2.05) is 24.3 Å². The largest absolute Gasteiger partial charge is 0.462 e. The molecule has 0 saturated carbocycles. The lowest BCUT2D eigenvalue weighted by Crippen LogP contribution is -2.20. The van der Waals surface area contributed by atoms with E-state index >= 15 is 0 Å². The summed E-state index contributed by atoms with van der Waals surface area (Å²) in [7, 11) is 0. The number of carbonyl (C=O) groups excluding carboxylic acids is 2. The highest BCUT2D eigenvalue weighted by Gasteiger charge is 2.27. The molecule has 0 saturated heterocycles. The highest BCUT2D eigenvalue weighted by Crippen LogP contribution is 2.38. The van der Waals surface area contributed by atoms with Crippen molar-refractivity contribution in [2.24, 2.45) is 0 Å². The topological polar surface area (TPSA) is 86.1 Å². The molecule has 0 radical (unpaired) electrons. The second kappa shape index (κ2) is 7.48. The number of nitrogens with one attached hydrogen (secondary N) is 1. The average molecular weight is 384 g/mol. The molecule has 1 aliphatic carbocycles. The van der Waals surface area contributed by atoms with Crippen LogP contribution in [0.15, 0.2) is 24.3 Å². The summed E-state index contributed by atoms with van der Waals surface area (Å²) in [6.07, 6.45) is 3.95. The number of esters is 1. The van der Waals surface area contributed by atoms with Gasteiger partial charge in [0.1, 0.15) is 17.1 Å². The number of fused-ring (bicyclic) bond motifs is 2. The molecule has 7 nitrogen and oxygen atoms in total. The molecule has 4 rings (SSSR count). The molecule has 0 fully saturated rings. The van der Waals surface area contributed by atoms with Crippen molar-refractivity contribution < 1.29 is 14.3 Å². The standard InChI is InChI=1S/C19H20N4O3S/c1-2-26-19(25)17-12-7-3-6-10-15(12)27-18(17)20-16(24)11-23-14-9-5-4-8-13(14)21-22-23/h4-5,8-9H,2-3,6-7,10-11H2,1H3,(H,20,24). The van der Waals surface area contributed by atoms with E-state index in [1.54, 1.807) is 11.6 Å². The second-order valence-corrected chi connectivity index (χ2v) is 7.52. The van der Waals surface area contributed by atoms with Crippen molar-refractivity contribution in [3.05, 3.63) is 40.3 Å². The molecule has 0 spiro atoms. The Balaban J connectivity index is 1.59. The Morgan fingerprint density at radius 1 is 1.26 bits per heavy atom. The first-order valence-electron chi connectivity index (χ1n) is 9.07. The molecule has 0 unspecified atom stereocenters. The first-order chi connectivity index (χ1) is 13.2. The molecule has 1 N–H and O–H groups in total. The van der Waals surface area contributed by atoms with Gasteiger partial charge < -0.3 is 10.1 Å². The molecular weight excluding hydrogens is 364 g/mol. The number of para-hydroxylation sites is 1. The van der Waals surface area contributed by atoms with Crippen LogP contribution in [0.4, 0.5) is 5.00 Å². The van der Waals surface area contributed by atoms with Crippen molar-refractivity contribution in [3.8, 4) is 0 Å². The summed E-state index contributed by atoms with van der Waals surface area (Å²) in [6, 6.07) is 7.48. The highest BCUT2D eigenvalue weighted by molar-refractivity contribution is 7.17. The zero-order valence-corrected chi connectivity index (χ0v) is 15.8. The Kier molecular flexibility index (Phi) is 4.89. The first kappa shape index (κ1) is 17.7. The van der Waals surface area contributed by atoms with Gasteiger partial charge in [-0.15, -0.1) is 16.4 Å². The zero-order chi connectivity index (χ0) is 18.8. The van der Waals surface area contributed by atoms with Gasteiger partial charge >= 0.3 is 5.97 Å². The van der Waals surface area contributed by atoms with Gasteiger partial charge in [-0.2, -0.15) is 0 Å². The first-order valence-corrected chi connectivity index (χ1v) is 9.88. The Labute approximate surface area is 160 Å². The number of nitrogens with zero attached hydrogens (tertiary/aromatic N) is 3. The number of hydrogen-bond donors (Lipinski definition) is 1. The normalized spacial score (nSPS) is 13.4. The number of carbonyl (C=O) groups is 2. The fourth-order valence-corrected chi connectivity index (χ4v) is 4.70. The van der Waals surface area contributed by atoms with Crippen LogP contribution in [0.2, 0.25) is 0 Å². The van der Waals surface area contributed by atoms with Gasteiger partial charge in [0.05, 0.1) is 17.7 Å². The molecule has 2 heterocycles. The van der Waals surface area contributed by atoms with Gasteiger partial charge in [0.2, 0.25) is 5.91 Å². The molecule has 3 aromatic rings. The van der Waals surface area contributed by atoms with Gasteiger partial charge in [-0.3, -0.25) is 4.79 Å². The Bertz CT molecular complexity index is 1010. The molecule has 1 amide bonds. The number of thiophene rings is 1. The molecule has 0 bridgehead atoms. The monoisotopic (exact) mass is 384 g/mol. The van der Waals surface area contributed by atoms with Crippen LogP contribution in [0.5, 0.6) is 0 Å². The summed E-state index contributed by atoms with van der Waals surface area (Å²) in [5.41, 5.74) is 3.09. The summed E-state index contributed by atoms with van der Waals surface area (Å²) in [5, 5.41) is 11.6. The van der Waals surface area contributed by atoms with Crippen LogP contribution < -0.4 is 5.32 Å². The average Bonchev–Trinajstić information content (AvgIpc) is 3.23. The lowest BCUT2D eigenvalue weighted by Gasteiger charge is -2.12. The third-order valence-electron chi connectivity index (χ3n) is 4.62. The SMILES string of the molecule is CCOC(=O)c1c(NC(=O)Cn2nnc3ccccc32)sc2c1CCCC2. The summed E-state index contributed by atoms with van der Waals surface area (Å²) in [6.45, 7) is 2.12. The molecule has 140 valence electrons. The minimum atomic E-state index is -0.363. The van der Waals surface area contributed by atoms with Gasteiger partial charge in [-0.25, -0.2) is 9.48 Å². The maximum Gasteiger partial charge on any atom is 0.341 e. The van der Waals surface area contributed by atoms with Crippen LogP contribution in [0.3, 0.4) is 0 Å². The van der Waals surface area contributed by atoms with Crippen molar-refractivity contribution >= 4 is 39.2 Å². The van der Waals surface area contributed by atoms with Crippen molar-refractivity contribution in [1.82, 2.24) is 15.0 Å². The molecule has 0 aliphatic heterocycles. The fraction of sp³-hybridized carbons (Fsp3) is 0.368. The minimum absolute atomic E-state index is 0.0331. The lowest BCUT2D eigenvalue weighted by molar-refractivity contribution is -0.116. The van der Waals surface area contributed by atoms with E-state index in [2.05, 4.69) is 15.6 Å². The third-order valence-corrected chi connectivity index (χ3v) is 5.82. The summed E-state index contributed by atoms with van der Waals surface area (Å²) in [5.74, 6) is -0.604. The number of aryl methyl sites for hydroxylation is 1. The number of hydrogen-bond acceptors (Lipinski definition) is 6. The fourth-order valence-electron chi connectivity index (χ4n) is 3.41. The van der Waals surface area contributed by atoms with Crippen LogP contribution >= 0.6 is 11.3 Å². The van der Waals surface area contributed by atoms with Crippen LogP contribution in [0.25, 0.3) is 11.0 Å². The summed E-state index contributed by atoms with van der Waals surface area (Å²) in [4.78, 5) is 26.3. The van der Waals surface area contributed by atoms with Crippen molar-refractivity contribution in [2.45, 2.75) is 39.2 Å². The van der Waals surface area contributed by atoms with Crippen LogP contribution in [-0.4, -0.2) is 33.5 Å². The Hall–Kier alpha value is -2.74. The summed E-state index contributed by atoms with van der Waals surface area (Å²) >= 11 is 1.48. The Morgan fingerprint density at radius 2 is 2.07 bits per heavy atom. The predicted molar refractivity (Wildman–Crippen MR) is 103 cm³/mol. The summed E-state index contributed by atoms with van der Waals surface area (Å²) < 4.78 is 6.78. The van der Waals surface area contributed by atoms with E-state index in [0.29, 0.717) is 17.2 Å². The van der Waals surface area contributed by atoms with Crippen LogP contribution in [-0.2, 0) is 28.9 Å². The number of aromatic nitrogens is 3. The van der Waals surface area contributed by atoms with E-state index in [0.717, 1.165) is 42.3 Å². The van der Waals surface area contributed by atoms with E-state index in [-0.39, 0.29) is 18.4 Å². The van der Waals surface area contributed by atoms with Crippen molar-refractivity contribution in [1.29, 1.82) is 0 Å². The smallest absolute Gasteiger partial charge is 0.341 e. The highest BCUT2D eigenvalue weighted by atomic mass is 32.1. The minimum Gasteiger partial charge on any atom is -0.462 e.